The number of hydrogen-bond donors (Lipinski definition) is 1. The molecule has 0 unspecified atom stereocenters. The molecule has 4 nitrogen and oxygen atoms in total. The van der Waals surface area contributed by atoms with Crippen molar-refractivity contribution in [3.05, 3.63) is 79.0 Å². The van der Waals surface area contributed by atoms with Crippen molar-refractivity contribution in [2.75, 3.05) is 0 Å². The summed E-state index contributed by atoms with van der Waals surface area (Å²) >= 11 is 0. The van der Waals surface area contributed by atoms with Crippen molar-refractivity contribution in [3.8, 4) is 22.9 Å². The van der Waals surface area contributed by atoms with E-state index in [0.29, 0.717) is 0 Å². The Morgan fingerprint density at radius 1 is 0.750 bits per heavy atom. The lowest BCUT2D eigenvalue weighted by Crippen LogP contribution is -1.87. The number of H-pyrrole nitrogens is 1. The zero-order valence-corrected chi connectivity index (χ0v) is 12.8. The topological polar surface area (TPSA) is 46.0 Å². The maximum atomic E-state index is 4.89. The molecule has 0 aliphatic rings. The van der Waals surface area contributed by atoms with Crippen LogP contribution in [0, 0.1) is 0 Å². The summed E-state index contributed by atoms with van der Waals surface area (Å²) in [7, 11) is 0. The first-order valence-electron chi connectivity index (χ1n) is 7.88. The SMILES string of the molecule is c1ccc(-c2nc(-c3nc4ccccc4[nH]3)c3ccccn23)cc1. The lowest BCUT2D eigenvalue weighted by Gasteiger charge is -1.99. The smallest absolute Gasteiger partial charge is 0.159 e. The molecule has 0 atom stereocenters. The fraction of sp³-hybridized carbons (Fsp3) is 0. The summed E-state index contributed by atoms with van der Waals surface area (Å²) in [5, 5.41) is 0. The highest BCUT2D eigenvalue weighted by molar-refractivity contribution is 5.84. The highest BCUT2D eigenvalue weighted by atomic mass is 15.1. The normalized spacial score (nSPS) is 11.3. The van der Waals surface area contributed by atoms with Crippen LogP contribution in [0.15, 0.2) is 79.0 Å². The van der Waals surface area contributed by atoms with Crippen molar-refractivity contribution in [1.82, 2.24) is 19.4 Å². The minimum absolute atomic E-state index is 0.794. The minimum Gasteiger partial charge on any atom is -0.337 e. The van der Waals surface area contributed by atoms with Crippen molar-refractivity contribution in [3.63, 3.8) is 0 Å². The Labute approximate surface area is 138 Å². The molecule has 0 aliphatic heterocycles. The third kappa shape index (κ3) is 1.93. The van der Waals surface area contributed by atoms with Crippen molar-refractivity contribution in [2.24, 2.45) is 0 Å². The van der Waals surface area contributed by atoms with Crippen LogP contribution in [0.5, 0.6) is 0 Å². The number of rotatable bonds is 2. The molecule has 3 heterocycles. The van der Waals surface area contributed by atoms with Gasteiger partial charge in [0.1, 0.15) is 11.5 Å². The molecule has 0 aliphatic carbocycles. The van der Waals surface area contributed by atoms with E-state index in [4.69, 9.17) is 9.97 Å². The maximum absolute atomic E-state index is 4.89. The number of nitrogens with one attached hydrogen (secondary N) is 1. The van der Waals surface area contributed by atoms with Gasteiger partial charge in [0.2, 0.25) is 0 Å². The Bertz CT molecular complexity index is 1120. The van der Waals surface area contributed by atoms with Gasteiger partial charge in [-0.1, -0.05) is 48.5 Å². The Morgan fingerprint density at radius 3 is 2.42 bits per heavy atom. The van der Waals surface area contributed by atoms with Crippen molar-refractivity contribution in [1.29, 1.82) is 0 Å². The molecule has 0 fully saturated rings. The summed E-state index contributed by atoms with van der Waals surface area (Å²) in [5.74, 6) is 1.71. The van der Waals surface area contributed by atoms with E-state index in [1.165, 1.54) is 0 Å². The minimum atomic E-state index is 0.794. The van der Waals surface area contributed by atoms with E-state index in [1.54, 1.807) is 0 Å². The highest BCUT2D eigenvalue weighted by Gasteiger charge is 2.16. The molecule has 5 rings (SSSR count). The largest absolute Gasteiger partial charge is 0.337 e. The van der Waals surface area contributed by atoms with Crippen LogP contribution in [0.25, 0.3) is 39.5 Å². The third-order valence-electron chi connectivity index (χ3n) is 4.19. The Morgan fingerprint density at radius 2 is 1.54 bits per heavy atom. The van der Waals surface area contributed by atoms with E-state index in [9.17, 15) is 0 Å². The van der Waals surface area contributed by atoms with Crippen LogP contribution in [0.3, 0.4) is 0 Å². The first kappa shape index (κ1) is 13.1. The molecular weight excluding hydrogens is 296 g/mol. The molecule has 24 heavy (non-hydrogen) atoms. The summed E-state index contributed by atoms with van der Waals surface area (Å²) in [6.07, 6.45) is 2.04. The number of fused-ring (bicyclic) bond motifs is 2. The number of para-hydroxylation sites is 2. The van der Waals surface area contributed by atoms with E-state index < -0.39 is 0 Å². The van der Waals surface area contributed by atoms with E-state index in [1.807, 2.05) is 60.8 Å². The second-order valence-corrected chi connectivity index (χ2v) is 5.71. The van der Waals surface area contributed by atoms with Crippen LogP contribution in [-0.2, 0) is 0 Å². The lowest BCUT2D eigenvalue weighted by molar-refractivity contribution is 1.16. The highest BCUT2D eigenvalue weighted by Crippen LogP contribution is 2.29. The van der Waals surface area contributed by atoms with Gasteiger partial charge in [0.15, 0.2) is 5.82 Å². The molecule has 4 heteroatoms. The van der Waals surface area contributed by atoms with Crippen molar-refractivity contribution < 1.29 is 0 Å². The van der Waals surface area contributed by atoms with Gasteiger partial charge in [-0.3, -0.25) is 4.40 Å². The number of aromatic nitrogens is 4. The zero-order valence-electron chi connectivity index (χ0n) is 12.8. The van der Waals surface area contributed by atoms with Gasteiger partial charge < -0.3 is 4.98 Å². The molecule has 2 aromatic carbocycles. The van der Waals surface area contributed by atoms with Crippen LogP contribution < -0.4 is 0 Å². The first-order chi connectivity index (χ1) is 11.9. The average Bonchev–Trinajstić information content (AvgIpc) is 3.24. The van der Waals surface area contributed by atoms with Gasteiger partial charge in [0.25, 0.3) is 0 Å². The van der Waals surface area contributed by atoms with Gasteiger partial charge in [0.05, 0.1) is 16.6 Å². The van der Waals surface area contributed by atoms with Crippen molar-refractivity contribution in [2.45, 2.75) is 0 Å². The Kier molecular flexibility index (Phi) is 2.76. The maximum Gasteiger partial charge on any atom is 0.159 e. The molecule has 1 N–H and O–H groups in total. The van der Waals surface area contributed by atoms with Crippen LogP contribution in [0.4, 0.5) is 0 Å². The number of imidazole rings is 2. The summed E-state index contributed by atoms with van der Waals surface area (Å²) in [6.45, 7) is 0. The van der Waals surface area contributed by atoms with E-state index in [-0.39, 0.29) is 0 Å². The average molecular weight is 310 g/mol. The quantitative estimate of drug-likeness (QED) is 0.520. The summed E-state index contributed by atoms with van der Waals surface area (Å²) in [4.78, 5) is 13.0. The van der Waals surface area contributed by atoms with Gasteiger partial charge in [0, 0.05) is 11.8 Å². The zero-order chi connectivity index (χ0) is 15.9. The standard InChI is InChI=1S/C20H14N4/c1-2-8-14(9-3-1)20-23-18(17-12-6-7-13-24(17)20)19-21-15-10-4-5-11-16(15)22-19/h1-13H,(H,21,22). The van der Waals surface area contributed by atoms with Crippen LogP contribution >= 0.6 is 0 Å². The second kappa shape index (κ2) is 5.06. The molecule has 0 saturated carbocycles. The van der Waals surface area contributed by atoms with Gasteiger partial charge >= 0.3 is 0 Å². The molecule has 0 saturated heterocycles. The lowest BCUT2D eigenvalue weighted by atomic mass is 10.2. The molecule has 0 radical (unpaired) electrons. The molecule has 0 spiro atoms. The summed E-state index contributed by atoms with van der Waals surface area (Å²) < 4.78 is 2.11. The predicted molar refractivity (Wildman–Crippen MR) is 95.7 cm³/mol. The number of aromatic amines is 1. The molecule has 0 bridgehead atoms. The molecule has 5 aromatic rings. The van der Waals surface area contributed by atoms with Crippen molar-refractivity contribution >= 4 is 16.6 Å². The molecular formula is C20H14N4. The second-order valence-electron chi connectivity index (χ2n) is 5.71. The van der Waals surface area contributed by atoms with Gasteiger partial charge in [-0.15, -0.1) is 0 Å². The van der Waals surface area contributed by atoms with Crippen LogP contribution in [-0.4, -0.2) is 19.4 Å². The molecule has 3 aromatic heterocycles. The van der Waals surface area contributed by atoms with Gasteiger partial charge in [-0.25, -0.2) is 9.97 Å². The van der Waals surface area contributed by atoms with Crippen LogP contribution in [0.1, 0.15) is 0 Å². The predicted octanol–water partition coefficient (Wildman–Crippen LogP) is 4.54. The number of hydrogen-bond acceptors (Lipinski definition) is 2. The fourth-order valence-electron chi connectivity index (χ4n) is 3.07. The number of benzene rings is 2. The van der Waals surface area contributed by atoms with Gasteiger partial charge in [-0.05, 0) is 24.3 Å². The fourth-order valence-corrected chi connectivity index (χ4v) is 3.07. The van der Waals surface area contributed by atoms with E-state index >= 15 is 0 Å². The Hall–Kier alpha value is -3.40. The van der Waals surface area contributed by atoms with Crippen LogP contribution in [0.2, 0.25) is 0 Å². The van der Waals surface area contributed by atoms with E-state index in [2.05, 4.69) is 27.6 Å². The number of pyridine rings is 1. The monoisotopic (exact) mass is 310 g/mol. The number of nitrogens with zero attached hydrogens (tertiary/aromatic N) is 3. The molecule has 0 amide bonds. The van der Waals surface area contributed by atoms with E-state index in [0.717, 1.165) is 39.5 Å². The summed E-state index contributed by atoms with van der Waals surface area (Å²) in [6, 6.07) is 24.4. The summed E-state index contributed by atoms with van der Waals surface area (Å²) in [5.41, 5.74) is 4.96. The molecule has 114 valence electrons. The first-order valence-corrected chi connectivity index (χ1v) is 7.88. The Balaban J connectivity index is 1.80. The van der Waals surface area contributed by atoms with Gasteiger partial charge in [-0.2, -0.15) is 0 Å². The third-order valence-corrected chi connectivity index (χ3v) is 4.19.